The molecule has 8 heteroatoms. The van der Waals surface area contributed by atoms with Gasteiger partial charge in [0.25, 0.3) is 0 Å². The molecule has 0 saturated carbocycles. The first-order chi connectivity index (χ1) is 15.5. The van der Waals surface area contributed by atoms with Crippen molar-refractivity contribution in [3.63, 3.8) is 0 Å². The normalized spacial score (nSPS) is 11.4. The summed E-state index contributed by atoms with van der Waals surface area (Å²) in [6.07, 6.45) is 1.74. The quantitative estimate of drug-likeness (QED) is 0.267. The Labute approximate surface area is 203 Å². The lowest BCUT2D eigenvalue weighted by Gasteiger charge is -2.11. The van der Waals surface area contributed by atoms with E-state index in [9.17, 15) is 5.26 Å². The van der Waals surface area contributed by atoms with E-state index in [2.05, 4.69) is 32.0 Å². The highest BCUT2D eigenvalue weighted by Crippen LogP contribution is 2.30. The molecule has 4 rings (SSSR count). The van der Waals surface area contributed by atoms with Gasteiger partial charge in [-0.05, 0) is 54.1 Å². The number of nitrogens with one attached hydrogen (secondary N) is 1. The molecule has 0 aliphatic rings. The number of H-pyrrole nitrogens is 1. The molecule has 3 aromatic carbocycles. The van der Waals surface area contributed by atoms with Crippen LogP contribution in [-0.2, 0) is 6.61 Å². The largest absolute Gasteiger partial charge is 0.497 e. The smallest absolute Gasteiger partial charge is 0.149 e. The Hall–Kier alpha value is -2.98. The van der Waals surface area contributed by atoms with Gasteiger partial charge >= 0.3 is 0 Å². The first kappa shape index (κ1) is 22.2. The van der Waals surface area contributed by atoms with Crippen LogP contribution in [0, 0.1) is 11.3 Å². The van der Waals surface area contributed by atoms with E-state index in [-0.39, 0.29) is 0 Å². The zero-order valence-corrected chi connectivity index (χ0v) is 19.9. The fourth-order valence-corrected chi connectivity index (χ4v) is 3.81. The van der Waals surface area contributed by atoms with Gasteiger partial charge in [0.2, 0.25) is 0 Å². The molecule has 1 heterocycles. The summed E-state index contributed by atoms with van der Waals surface area (Å²) in [5, 5.41) is 10.8. The molecule has 160 valence electrons. The van der Waals surface area contributed by atoms with Gasteiger partial charge in [-0.15, -0.1) is 0 Å². The Bertz CT molecular complexity index is 1380. The zero-order chi connectivity index (χ0) is 22.7. The number of halogens is 3. The number of benzene rings is 3. The SMILES string of the molecule is COc1ccc2nc(/C(C#N)=C\c3cc(Br)ccc3OCc3ccc(Cl)c(Cl)c3)[nH]c2c1. The number of ether oxygens (including phenoxy) is 2. The van der Waals surface area contributed by atoms with Gasteiger partial charge in [0.15, 0.2) is 0 Å². The van der Waals surface area contributed by atoms with Gasteiger partial charge in [0.1, 0.15) is 30.0 Å². The highest BCUT2D eigenvalue weighted by molar-refractivity contribution is 9.10. The maximum atomic E-state index is 9.81. The Balaban J connectivity index is 1.66. The van der Waals surface area contributed by atoms with Gasteiger partial charge in [0.05, 0.1) is 33.8 Å². The second kappa shape index (κ2) is 9.66. The van der Waals surface area contributed by atoms with Crippen LogP contribution in [0.4, 0.5) is 0 Å². The molecule has 1 N–H and O–H groups in total. The van der Waals surface area contributed by atoms with Crippen molar-refractivity contribution in [3.8, 4) is 17.6 Å². The summed E-state index contributed by atoms with van der Waals surface area (Å²) >= 11 is 15.6. The molecule has 0 aliphatic carbocycles. The standard InChI is InChI=1S/C24H16BrCl2N3O2/c1-31-18-4-6-21-22(11-18)30-24(29-21)16(12-28)9-15-10-17(25)3-7-23(15)32-13-14-2-5-19(26)20(27)8-14/h2-11H,13H2,1H3,(H,29,30)/b16-9-. The molecule has 0 radical (unpaired) electrons. The minimum atomic E-state index is 0.297. The minimum absolute atomic E-state index is 0.297. The number of methoxy groups -OCH3 is 1. The van der Waals surface area contributed by atoms with E-state index in [0.29, 0.717) is 39.5 Å². The van der Waals surface area contributed by atoms with E-state index in [1.165, 1.54) is 0 Å². The van der Waals surface area contributed by atoms with Gasteiger partial charge in [-0.1, -0.05) is 45.2 Å². The lowest BCUT2D eigenvalue weighted by atomic mass is 10.1. The minimum Gasteiger partial charge on any atom is -0.497 e. The first-order valence-electron chi connectivity index (χ1n) is 9.49. The first-order valence-corrected chi connectivity index (χ1v) is 11.0. The van der Waals surface area contributed by atoms with Crippen LogP contribution in [-0.4, -0.2) is 17.1 Å². The third kappa shape index (κ3) is 4.91. The molecule has 0 unspecified atom stereocenters. The number of hydrogen-bond acceptors (Lipinski definition) is 4. The molecule has 0 saturated heterocycles. The van der Waals surface area contributed by atoms with Crippen molar-refractivity contribution >= 4 is 61.8 Å². The number of aromatic amines is 1. The summed E-state index contributed by atoms with van der Waals surface area (Å²) in [5.74, 6) is 1.79. The van der Waals surface area contributed by atoms with Crippen LogP contribution in [0.15, 0.2) is 59.1 Å². The molecule has 32 heavy (non-hydrogen) atoms. The fourth-order valence-electron chi connectivity index (χ4n) is 3.11. The van der Waals surface area contributed by atoms with Crippen molar-refractivity contribution in [2.45, 2.75) is 6.61 Å². The highest BCUT2D eigenvalue weighted by atomic mass is 79.9. The number of imidazole rings is 1. The van der Waals surface area contributed by atoms with Crippen molar-refractivity contribution in [1.82, 2.24) is 9.97 Å². The second-order valence-electron chi connectivity index (χ2n) is 6.86. The Morgan fingerprint density at radius 2 is 1.97 bits per heavy atom. The molecule has 0 atom stereocenters. The molecule has 5 nitrogen and oxygen atoms in total. The Morgan fingerprint density at radius 3 is 2.72 bits per heavy atom. The van der Waals surface area contributed by atoms with Crippen LogP contribution in [0.25, 0.3) is 22.7 Å². The van der Waals surface area contributed by atoms with Gasteiger partial charge in [-0.25, -0.2) is 4.98 Å². The van der Waals surface area contributed by atoms with Crippen molar-refractivity contribution in [3.05, 3.63) is 86.1 Å². The molecule has 1 aromatic heterocycles. The average Bonchev–Trinajstić information content (AvgIpc) is 3.22. The summed E-state index contributed by atoms with van der Waals surface area (Å²) in [6.45, 7) is 0.297. The molecular formula is C24H16BrCl2N3O2. The number of nitriles is 1. The maximum absolute atomic E-state index is 9.81. The van der Waals surface area contributed by atoms with Crippen LogP contribution in [0.1, 0.15) is 17.0 Å². The molecule has 0 bridgehead atoms. The number of hydrogen-bond donors (Lipinski definition) is 1. The van der Waals surface area contributed by atoms with Crippen molar-refractivity contribution in [2.24, 2.45) is 0 Å². The lowest BCUT2D eigenvalue weighted by Crippen LogP contribution is -1.97. The third-order valence-electron chi connectivity index (χ3n) is 4.71. The summed E-state index contributed by atoms with van der Waals surface area (Å²) < 4.78 is 12.1. The summed E-state index contributed by atoms with van der Waals surface area (Å²) in [6, 6.07) is 18.7. The summed E-state index contributed by atoms with van der Waals surface area (Å²) in [7, 11) is 1.60. The third-order valence-corrected chi connectivity index (χ3v) is 5.95. The van der Waals surface area contributed by atoms with Crippen LogP contribution >= 0.6 is 39.1 Å². The molecule has 0 amide bonds. The average molecular weight is 529 g/mol. The Morgan fingerprint density at radius 1 is 1.12 bits per heavy atom. The van der Waals surface area contributed by atoms with Crippen LogP contribution in [0.5, 0.6) is 11.5 Å². The van der Waals surface area contributed by atoms with Gasteiger partial charge in [-0.3, -0.25) is 0 Å². The van der Waals surface area contributed by atoms with Gasteiger partial charge in [0, 0.05) is 16.1 Å². The van der Waals surface area contributed by atoms with Crippen molar-refractivity contribution in [1.29, 1.82) is 5.26 Å². The van der Waals surface area contributed by atoms with Crippen molar-refractivity contribution in [2.75, 3.05) is 7.11 Å². The zero-order valence-electron chi connectivity index (χ0n) is 16.8. The molecule has 0 fully saturated rings. The second-order valence-corrected chi connectivity index (χ2v) is 8.59. The Kier molecular flexibility index (Phi) is 6.71. The molecule has 4 aromatic rings. The number of aromatic nitrogens is 2. The highest BCUT2D eigenvalue weighted by Gasteiger charge is 2.12. The van der Waals surface area contributed by atoms with Crippen LogP contribution in [0.3, 0.4) is 0 Å². The maximum Gasteiger partial charge on any atom is 0.149 e. The molecular weight excluding hydrogens is 513 g/mol. The predicted octanol–water partition coefficient (Wildman–Crippen LogP) is 7.28. The van der Waals surface area contributed by atoms with E-state index in [0.717, 1.165) is 26.6 Å². The van der Waals surface area contributed by atoms with Gasteiger partial charge in [-0.2, -0.15) is 5.26 Å². The number of fused-ring (bicyclic) bond motifs is 1. The van der Waals surface area contributed by atoms with E-state index in [4.69, 9.17) is 32.7 Å². The van der Waals surface area contributed by atoms with Crippen molar-refractivity contribution < 1.29 is 9.47 Å². The number of allylic oxidation sites excluding steroid dienone is 1. The topological polar surface area (TPSA) is 70.9 Å². The van der Waals surface area contributed by atoms with E-state index in [1.807, 2.05) is 42.5 Å². The van der Waals surface area contributed by atoms with Gasteiger partial charge < -0.3 is 14.5 Å². The fraction of sp³-hybridized carbons (Fsp3) is 0.0833. The van der Waals surface area contributed by atoms with Crippen LogP contribution in [0.2, 0.25) is 10.0 Å². The molecule has 0 spiro atoms. The van der Waals surface area contributed by atoms with E-state index >= 15 is 0 Å². The lowest BCUT2D eigenvalue weighted by molar-refractivity contribution is 0.305. The monoisotopic (exact) mass is 527 g/mol. The van der Waals surface area contributed by atoms with Crippen LogP contribution < -0.4 is 9.47 Å². The predicted molar refractivity (Wildman–Crippen MR) is 131 cm³/mol. The van der Waals surface area contributed by atoms with E-state index < -0.39 is 0 Å². The number of nitrogens with zero attached hydrogens (tertiary/aromatic N) is 2. The summed E-state index contributed by atoms with van der Waals surface area (Å²) in [4.78, 5) is 7.72. The number of rotatable bonds is 6. The van der Waals surface area contributed by atoms with E-state index in [1.54, 1.807) is 25.3 Å². The summed E-state index contributed by atoms with van der Waals surface area (Å²) in [5.41, 5.74) is 3.51. The molecule has 0 aliphatic heterocycles.